The molecule has 0 saturated heterocycles. The smallest absolute Gasteiger partial charge is 0.307 e. The van der Waals surface area contributed by atoms with Crippen LogP contribution in [0.25, 0.3) is 0 Å². The van der Waals surface area contributed by atoms with Crippen molar-refractivity contribution in [1.29, 1.82) is 0 Å². The van der Waals surface area contributed by atoms with Crippen molar-refractivity contribution in [2.45, 2.75) is 65.9 Å². The molecule has 0 aromatic rings. The van der Waals surface area contributed by atoms with E-state index in [2.05, 4.69) is 19.9 Å². The van der Waals surface area contributed by atoms with Crippen molar-refractivity contribution in [3.05, 3.63) is 21.8 Å². The molecule has 0 N–H and O–H groups in total. The summed E-state index contributed by atoms with van der Waals surface area (Å²) in [5.41, 5.74) is 0.312. The van der Waals surface area contributed by atoms with Gasteiger partial charge in [-0.2, -0.15) is 0 Å². The second-order valence-electron chi connectivity index (χ2n) is 8.36. The summed E-state index contributed by atoms with van der Waals surface area (Å²) in [7, 11) is 0. The van der Waals surface area contributed by atoms with Crippen LogP contribution < -0.4 is 0 Å². The molecule has 130 valence electrons. The Morgan fingerprint density at radius 2 is 2.17 bits per heavy atom. The third-order valence-corrected chi connectivity index (χ3v) is 5.38. The first-order valence-electron chi connectivity index (χ1n) is 8.60. The van der Waals surface area contributed by atoms with E-state index in [0.717, 1.165) is 19.3 Å². The summed E-state index contributed by atoms with van der Waals surface area (Å²) in [5, 5.41) is 11.2. The van der Waals surface area contributed by atoms with E-state index >= 15 is 0 Å². The Hall–Kier alpha value is -1.39. The number of allylic oxidation sites excluding steroid dienone is 2. The Kier molecular flexibility index (Phi) is 4.88. The molecule has 0 aromatic heterocycles. The minimum absolute atomic E-state index is 0.141. The average molecular weight is 323 g/mol. The van der Waals surface area contributed by atoms with E-state index in [1.807, 2.05) is 20.8 Å². The van der Waals surface area contributed by atoms with Gasteiger partial charge in [-0.1, -0.05) is 25.5 Å². The number of nitro groups is 1. The number of nitrogens with zero attached hydrogens (tertiary/aromatic N) is 1. The predicted octanol–water partition coefficient (Wildman–Crippen LogP) is 3.99. The monoisotopic (exact) mass is 323 g/mol. The maximum absolute atomic E-state index is 12.2. The van der Waals surface area contributed by atoms with Crippen LogP contribution >= 0.6 is 0 Å². The molecule has 0 spiro atoms. The number of ether oxygens (including phenoxy) is 1. The topological polar surface area (TPSA) is 69.4 Å². The lowest BCUT2D eigenvalue weighted by Crippen LogP contribution is -2.51. The van der Waals surface area contributed by atoms with Gasteiger partial charge in [-0.3, -0.25) is 14.9 Å². The van der Waals surface area contributed by atoms with Gasteiger partial charge in [0, 0.05) is 4.92 Å². The first-order chi connectivity index (χ1) is 10.6. The molecule has 2 aliphatic carbocycles. The molecule has 0 radical (unpaired) electrons. The first-order valence-corrected chi connectivity index (χ1v) is 8.60. The summed E-state index contributed by atoms with van der Waals surface area (Å²) in [6.07, 6.45) is 5.26. The largest absolute Gasteiger partial charge is 0.460 e. The fraction of sp³-hybridized carbons (Fsp3) is 0.833. The van der Waals surface area contributed by atoms with Crippen LogP contribution in [0.4, 0.5) is 0 Å². The lowest BCUT2D eigenvalue weighted by Gasteiger charge is -2.49. The fourth-order valence-corrected chi connectivity index (χ4v) is 4.20. The molecule has 4 atom stereocenters. The zero-order valence-corrected chi connectivity index (χ0v) is 14.9. The standard InChI is InChI=1S/C18H29NO4/c1-6-12(2)13-7-14-9-18(11-19(21)22,15(14)8-13)10-16(20)23-17(3,4)5/h8,12,14-15H,6-7,9-11H2,1-5H3/t12?,14-,15-,18-/m0/s1. The van der Waals surface area contributed by atoms with E-state index in [0.29, 0.717) is 11.8 Å². The lowest BCUT2D eigenvalue weighted by atomic mass is 9.53. The van der Waals surface area contributed by atoms with Crippen LogP contribution in [0.2, 0.25) is 0 Å². The molecule has 0 heterocycles. The maximum Gasteiger partial charge on any atom is 0.307 e. The Balaban J connectivity index is 2.14. The van der Waals surface area contributed by atoms with Gasteiger partial charge < -0.3 is 4.74 Å². The highest BCUT2D eigenvalue weighted by Crippen LogP contribution is 2.60. The molecular weight excluding hydrogens is 294 g/mol. The molecule has 0 aromatic carbocycles. The van der Waals surface area contributed by atoms with Crippen LogP contribution in [0.5, 0.6) is 0 Å². The van der Waals surface area contributed by atoms with Gasteiger partial charge in [-0.25, -0.2) is 0 Å². The summed E-state index contributed by atoms with van der Waals surface area (Å²) in [6, 6.07) is 0. The van der Waals surface area contributed by atoms with Crippen molar-refractivity contribution >= 4 is 5.97 Å². The second kappa shape index (κ2) is 6.25. The number of carbonyl (C=O) groups excluding carboxylic acids is 1. The van der Waals surface area contributed by atoms with Crippen molar-refractivity contribution < 1.29 is 14.5 Å². The van der Waals surface area contributed by atoms with Crippen LogP contribution in [0.3, 0.4) is 0 Å². The highest BCUT2D eigenvalue weighted by Gasteiger charge is 2.59. The van der Waals surface area contributed by atoms with Gasteiger partial charge in [0.1, 0.15) is 5.60 Å². The van der Waals surface area contributed by atoms with E-state index < -0.39 is 11.0 Å². The summed E-state index contributed by atoms with van der Waals surface area (Å²) in [4.78, 5) is 23.1. The van der Waals surface area contributed by atoms with Gasteiger partial charge >= 0.3 is 5.97 Å². The number of rotatable bonds is 6. The Morgan fingerprint density at radius 3 is 2.70 bits per heavy atom. The summed E-state index contributed by atoms with van der Waals surface area (Å²) in [6.45, 7) is 9.70. The number of hydrogen-bond acceptors (Lipinski definition) is 4. The molecule has 1 saturated carbocycles. The van der Waals surface area contributed by atoms with Gasteiger partial charge in [0.2, 0.25) is 6.54 Å². The van der Waals surface area contributed by atoms with Crippen LogP contribution in [-0.4, -0.2) is 23.0 Å². The van der Waals surface area contributed by atoms with Crippen LogP contribution in [0.15, 0.2) is 11.6 Å². The molecule has 0 aliphatic heterocycles. The lowest BCUT2D eigenvalue weighted by molar-refractivity contribution is -0.506. The SMILES string of the molecule is CCC(C)C1=C[C@H]2[C@@H](C1)C[C@]2(CC(=O)OC(C)(C)C)C[N+](=O)[O-]. The molecule has 0 bridgehead atoms. The molecule has 1 fully saturated rings. The van der Waals surface area contributed by atoms with Gasteiger partial charge in [0.25, 0.3) is 0 Å². The third-order valence-electron chi connectivity index (χ3n) is 5.38. The van der Waals surface area contributed by atoms with Crippen LogP contribution in [0.1, 0.15) is 60.3 Å². The summed E-state index contributed by atoms with van der Waals surface area (Å²) in [5.74, 6) is 0.837. The Morgan fingerprint density at radius 1 is 1.52 bits per heavy atom. The van der Waals surface area contributed by atoms with Crippen molar-refractivity contribution in [2.75, 3.05) is 6.54 Å². The Bertz CT molecular complexity index is 520. The average Bonchev–Trinajstić information content (AvgIpc) is 2.73. The van der Waals surface area contributed by atoms with E-state index in [9.17, 15) is 14.9 Å². The molecular formula is C18H29NO4. The fourth-order valence-electron chi connectivity index (χ4n) is 4.20. The number of fused-ring (bicyclic) bond motifs is 1. The van der Waals surface area contributed by atoms with Gasteiger partial charge in [-0.05, 0) is 57.8 Å². The maximum atomic E-state index is 12.2. The van der Waals surface area contributed by atoms with Crippen molar-refractivity contribution in [1.82, 2.24) is 0 Å². The molecule has 2 aliphatic rings. The highest BCUT2D eigenvalue weighted by molar-refractivity contribution is 5.71. The summed E-state index contributed by atoms with van der Waals surface area (Å²) < 4.78 is 5.41. The minimum Gasteiger partial charge on any atom is -0.460 e. The normalized spacial score (nSPS) is 30.9. The third kappa shape index (κ3) is 3.93. The quantitative estimate of drug-likeness (QED) is 0.321. The molecule has 0 amide bonds. The summed E-state index contributed by atoms with van der Waals surface area (Å²) >= 11 is 0. The van der Waals surface area contributed by atoms with Crippen molar-refractivity contribution in [2.24, 2.45) is 23.2 Å². The van der Waals surface area contributed by atoms with E-state index in [1.165, 1.54) is 5.57 Å². The predicted molar refractivity (Wildman–Crippen MR) is 88.5 cm³/mol. The number of esters is 1. The molecule has 2 rings (SSSR count). The first kappa shape index (κ1) is 18.0. The van der Waals surface area contributed by atoms with E-state index in [1.54, 1.807) is 0 Å². The number of carbonyl (C=O) groups is 1. The van der Waals surface area contributed by atoms with Crippen LogP contribution in [0, 0.1) is 33.3 Å². The van der Waals surface area contributed by atoms with Crippen molar-refractivity contribution in [3.8, 4) is 0 Å². The van der Waals surface area contributed by atoms with E-state index in [-0.39, 0.29) is 29.8 Å². The minimum atomic E-state index is -0.552. The Labute approximate surface area is 138 Å². The zero-order chi connectivity index (χ0) is 17.4. The van der Waals surface area contributed by atoms with E-state index in [4.69, 9.17) is 4.74 Å². The molecule has 1 unspecified atom stereocenters. The second-order valence-corrected chi connectivity index (χ2v) is 8.36. The molecule has 23 heavy (non-hydrogen) atoms. The molecule has 5 nitrogen and oxygen atoms in total. The van der Waals surface area contributed by atoms with Gasteiger partial charge in [-0.15, -0.1) is 0 Å². The zero-order valence-electron chi connectivity index (χ0n) is 14.9. The van der Waals surface area contributed by atoms with Crippen molar-refractivity contribution in [3.63, 3.8) is 0 Å². The van der Waals surface area contributed by atoms with Crippen LogP contribution in [-0.2, 0) is 9.53 Å². The molecule has 5 heteroatoms. The van der Waals surface area contributed by atoms with Gasteiger partial charge in [0.05, 0.1) is 11.8 Å². The highest BCUT2D eigenvalue weighted by atomic mass is 16.6. The number of hydrogen-bond donors (Lipinski definition) is 0. The van der Waals surface area contributed by atoms with Gasteiger partial charge in [0.15, 0.2) is 0 Å².